The summed E-state index contributed by atoms with van der Waals surface area (Å²) in [5.41, 5.74) is 6.29. The standard InChI is InChI=1S/C27H25BrN8O/c28-18-4-1-3-17(11-18)21-12-22(20-5-2-7-31-25(20)23-14-29-9-10-37-23)36-27-24(21)26(34-16-35-27)32-8-6-19-13-30-15-33-19/h1-5,7,11-13,15-16,23,29H,6,8-10,14H2,(H,30,33)(H,32,34,35,36). The summed E-state index contributed by atoms with van der Waals surface area (Å²) in [5.74, 6) is 0.741. The van der Waals surface area contributed by atoms with Crippen LogP contribution in [0.3, 0.4) is 0 Å². The predicted molar refractivity (Wildman–Crippen MR) is 146 cm³/mol. The molecule has 1 aliphatic rings. The summed E-state index contributed by atoms with van der Waals surface area (Å²) >= 11 is 3.63. The van der Waals surface area contributed by atoms with Crippen LogP contribution in [0.5, 0.6) is 0 Å². The monoisotopic (exact) mass is 556 g/mol. The number of nitrogens with zero attached hydrogens (tertiary/aromatic N) is 5. The zero-order chi connectivity index (χ0) is 25.0. The van der Waals surface area contributed by atoms with Crippen molar-refractivity contribution < 1.29 is 4.74 Å². The largest absolute Gasteiger partial charge is 0.369 e. The number of rotatable bonds is 7. The Morgan fingerprint density at radius 2 is 2.05 bits per heavy atom. The Balaban J connectivity index is 1.47. The van der Waals surface area contributed by atoms with E-state index in [0.717, 1.165) is 62.4 Å². The number of halogens is 1. The first-order chi connectivity index (χ1) is 18.3. The zero-order valence-electron chi connectivity index (χ0n) is 20.0. The molecule has 9 nitrogen and oxygen atoms in total. The third kappa shape index (κ3) is 5.08. The lowest BCUT2D eigenvalue weighted by Gasteiger charge is -2.25. The van der Waals surface area contributed by atoms with Gasteiger partial charge in [0, 0.05) is 54.2 Å². The second-order valence-electron chi connectivity index (χ2n) is 8.74. The second kappa shape index (κ2) is 10.7. The quantitative estimate of drug-likeness (QED) is 0.267. The van der Waals surface area contributed by atoms with Crippen molar-refractivity contribution in [2.24, 2.45) is 0 Å². The molecule has 10 heteroatoms. The Labute approximate surface area is 222 Å². The van der Waals surface area contributed by atoms with Gasteiger partial charge in [0.2, 0.25) is 0 Å². The van der Waals surface area contributed by atoms with E-state index in [0.29, 0.717) is 25.3 Å². The summed E-state index contributed by atoms with van der Waals surface area (Å²) < 4.78 is 7.03. The van der Waals surface area contributed by atoms with E-state index in [1.165, 1.54) is 0 Å². The van der Waals surface area contributed by atoms with E-state index in [2.05, 4.69) is 64.7 Å². The van der Waals surface area contributed by atoms with Gasteiger partial charge in [-0.3, -0.25) is 4.98 Å². The number of imidazole rings is 1. The van der Waals surface area contributed by atoms with E-state index >= 15 is 0 Å². The average molecular weight is 557 g/mol. The van der Waals surface area contributed by atoms with E-state index in [-0.39, 0.29) is 6.10 Å². The number of fused-ring (bicyclic) bond motifs is 1. The van der Waals surface area contributed by atoms with Crippen molar-refractivity contribution in [3.8, 4) is 22.4 Å². The molecule has 0 bridgehead atoms. The van der Waals surface area contributed by atoms with Crippen LogP contribution in [0, 0.1) is 0 Å². The van der Waals surface area contributed by atoms with E-state index in [1.54, 1.807) is 18.9 Å². The van der Waals surface area contributed by atoms with Gasteiger partial charge in [-0.15, -0.1) is 0 Å². The minimum Gasteiger partial charge on any atom is -0.369 e. The molecule has 3 N–H and O–H groups in total. The van der Waals surface area contributed by atoms with Crippen LogP contribution >= 0.6 is 15.9 Å². The number of benzene rings is 1. The van der Waals surface area contributed by atoms with Crippen LogP contribution in [-0.2, 0) is 11.2 Å². The van der Waals surface area contributed by atoms with Crippen LogP contribution in [0.2, 0.25) is 0 Å². The van der Waals surface area contributed by atoms with Crippen LogP contribution < -0.4 is 10.6 Å². The van der Waals surface area contributed by atoms with Crippen LogP contribution in [0.1, 0.15) is 17.5 Å². The van der Waals surface area contributed by atoms with Gasteiger partial charge < -0.3 is 20.4 Å². The molecule has 5 aromatic rings. The van der Waals surface area contributed by atoms with Crippen LogP contribution in [0.25, 0.3) is 33.4 Å². The van der Waals surface area contributed by atoms with E-state index in [4.69, 9.17) is 14.7 Å². The minimum absolute atomic E-state index is 0.137. The molecule has 1 saturated heterocycles. The molecule has 0 radical (unpaired) electrons. The summed E-state index contributed by atoms with van der Waals surface area (Å²) in [6.45, 7) is 2.89. The van der Waals surface area contributed by atoms with Gasteiger partial charge in [0.05, 0.1) is 29.7 Å². The molecule has 0 aliphatic carbocycles. The fourth-order valence-corrected chi connectivity index (χ4v) is 4.99. The van der Waals surface area contributed by atoms with Crippen molar-refractivity contribution in [1.29, 1.82) is 0 Å². The molecule has 1 aromatic carbocycles. The summed E-state index contributed by atoms with van der Waals surface area (Å²) in [5, 5.41) is 7.75. The number of nitrogens with one attached hydrogen (secondary N) is 3. The average Bonchev–Trinajstić information content (AvgIpc) is 3.47. The molecule has 4 aromatic heterocycles. The number of hydrogen-bond acceptors (Lipinski definition) is 8. The summed E-state index contributed by atoms with van der Waals surface area (Å²) in [4.78, 5) is 26.1. The maximum Gasteiger partial charge on any atom is 0.165 e. The number of hydrogen-bond donors (Lipinski definition) is 3. The van der Waals surface area contributed by atoms with Crippen molar-refractivity contribution in [2.45, 2.75) is 12.5 Å². The number of aromatic nitrogens is 6. The Morgan fingerprint density at radius 3 is 2.89 bits per heavy atom. The number of morpholine rings is 1. The number of pyridine rings is 2. The van der Waals surface area contributed by atoms with Crippen molar-refractivity contribution >= 4 is 32.8 Å². The maximum absolute atomic E-state index is 6.04. The van der Waals surface area contributed by atoms with Gasteiger partial charge in [-0.05, 0) is 41.5 Å². The van der Waals surface area contributed by atoms with Crippen molar-refractivity contribution in [3.63, 3.8) is 0 Å². The smallest absolute Gasteiger partial charge is 0.165 e. The molecule has 5 heterocycles. The van der Waals surface area contributed by atoms with E-state index in [9.17, 15) is 0 Å². The van der Waals surface area contributed by atoms with Crippen LogP contribution in [0.4, 0.5) is 5.82 Å². The molecule has 0 amide bonds. The highest BCUT2D eigenvalue weighted by Gasteiger charge is 2.23. The van der Waals surface area contributed by atoms with Crippen molar-refractivity contribution in [3.05, 3.63) is 83.4 Å². The Hall–Kier alpha value is -3.73. The zero-order valence-corrected chi connectivity index (χ0v) is 21.6. The van der Waals surface area contributed by atoms with E-state index in [1.807, 2.05) is 30.5 Å². The third-order valence-corrected chi connectivity index (χ3v) is 6.82. The topological polar surface area (TPSA) is 114 Å². The first-order valence-electron chi connectivity index (χ1n) is 12.2. The van der Waals surface area contributed by atoms with Gasteiger partial charge in [0.25, 0.3) is 0 Å². The maximum atomic E-state index is 6.04. The lowest BCUT2D eigenvalue weighted by Crippen LogP contribution is -2.34. The molecule has 6 rings (SSSR count). The fourth-order valence-electron chi connectivity index (χ4n) is 4.59. The van der Waals surface area contributed by atoms with E-state index < -0.39 is 0 Å². The number of ether oxygens (including phenoxy) is 1. The SMILES string of the molecule is Brc1cccc(-c2cc(-c3cccnc3C3CNCCO3)nc3ncnc(NCCc4cnc[nH]4)c23)c1. The summed E-state index contributed by atoms with van der Waals surface area (Å²) in [6, 6.07) is 14.3. The molecule has 0 spiro atoms. The molecule has 1 aliphatic heterocycles. The highest BCUT2D eigenvalue weighted by atomic mass is 79.9. The number of aromatic amines is 1. The molecule has 0 saturated carbocycles. The fraction of sp³-hybridized carbons (Fsp3) is 0.222. The summed E-state index contributed by atoms with van der Waals surface area (Å²) in [6.07, 6.45) is 7.53. The highest BCUT2D eigenvalue weighted by Crippen LogP contribution is 2.37. The first-order valence-corrected chi connectivity index (χ1v) is 13.0. The lowest BCUT2D eigenvalue weighted by molar-refractivity contribution is 0.0254. The van der Waals surface area contributed by atoms with Crippen molar-refractivity contribution in [2.75, 3.05) is 31.6 Å². The van der Waals surface area contributed by atoms with Gasteiger partial charge >= 0.3 is 0 Å². The van der Waals surface area contributed by atoms with Crippen LogP contribution in [0.15, 0.2) is 72.0 Å². The molecule has 1 fully saturated rings. The van der Waals surface area contributed by atoms with Gasteiger partial charge in [-0.1, -0.05) is 28.1 Å². The summed E-state index contributed by atoms with van der Waals surface area (Å²) in [7, 11) is 0. The van der Waals surface area contributed by atoms with Crippen LogP contribution in [-0.4, -0.2) is 56.1 Å². The van der Waals surface area contributed by atoms with Gasteiger partial charge in [0.1, 0.15) is 18.2 Å². The highest BCUT2D eigenvalue weighted by molar-refractivity contribution is 9.10. The third-order valence-electron chi connectivity index (χ3n) is 6.33. The van der Waals surface area contributed by atoms with Gasteiger partial charge in [-0.2, -0.15) is 0 Å². The number of anilines is 1. The van der Waals surface area contributed by atoms with Gasteiger partial charge in [-0.25, -0.2) is 19.9 Å². The first kappa shape index (κ1) is 23.7. The predicted octanol–water partition coefficient (Wildman–Crippen LogP) is 4.55. The Bertz CT molecular complexity index is 1520. The van der Waals surface area contributed by atoms with Crippen molar-refractivity contribution in [1.82, 2.24) is 35.2 Å². The Kier molecular flexibility index (Phi) is 6.85. The second-order valence-corrected chi connectivity index (χ2v) is 9.66. The normalized spacial score (nSPS) is 15.6. The molecular formula is C27H25BrN8O. The molecule has 37 heavy (non-hydrogen) atoms. The Morgan fingerprint density at radius 1 is 1.08 bits per heavy atom. The molecule has 1 atom stereocenters. The molecular weight excluding hydrogens is 532 g/mol. The van der Waals surface area contributed by atoms with Gasteiger partial charge in [0.15, 0.2) is 5.65 Å². The minimum atomic E-state index is -0.137. The number of H-pyrrole nitrogens is 1. The molecule has 1 unspecified atom stereocenters. The lowest BCUT2D eigenvalue weighted by atomic mass is 9.98. The molecule has 186 valence electrons.